The van der Waals surface area contributed by atoms with Gasteiger partial charge in [-0.25, -0.2) is 0 Å². The Morgan fingerprint density at radius 2 is 0.195 bits per heavy atom. The van der Waals surface area contributed by atoms with Gasteiger partial charge in [0.1, 0.15) is 0 Å². The lowest BCUT2D eigenvalue weighted by Gasteiger charge is -2.13. The molecule has 0 heterocycles. The van der Waals surface area contributed by atoms with Crippen molar-refractivity contribution in [3.63, 3.8) is 0 Å². The molecule has 0 aromatic heterocycles. The van der Waals surface area contributed by atoms with Crippen LogP contribution >= 0.6 is 0 Å². The second-order valence-corrected chi connectivity index (χ2v) is 33.9. The Hall–Kier alpha value is -15.6. The molecular formula is C128H104. The van der Waals surface area contributed by atoms with Gasteiger partial charge in [-0.05, 0) is 288 Å². The monoisotopic (exact) mass is 1640 g/mol. The molecule has 0 aliphatic carbocycles. The summed E-state index contributed by atoms with van der Waals surface area (Å²) in [6, 6.07) is 176. The molecular weight excluding hydrogens is 1540 g/mol. The van der Waals surface area contributed by atoms with Crippen LogP contribution in [0.2, 0.25) is 0 Å². The summed E-state index contributed by atoms with van der Waals surface area (Å²) in [6.45, 7) is 17.0. The predicted octanol–water partition coefficient (Wildman–Crippen LogP) is 35.9. The maximum atomic E-state index is 2.30. The molecule has 616 valence electrons. The first kappa shape index (κ1) is 84.6. The molecule has 0 fully saturated rings. The Bertz CT molecular complexity index is 6740. The van der Waals surface area contributed by atoms with E-state index in [0.29, 0.717) is 0 Å². The molecule has 20 aromatic carbocycles. The van der Waals surface area contributed by atoms with E-state index in [0.717, 1.165) is 0 Å². The average Bonchev–Trinajstić information content (AvgIpc) is 0.796. The molecule has 0 saturated heterocycles. The van der Waals surface area contributed by atoms with E-state index in [4.69, 9.17) is 0 Å². The lowest BCUT2D eigenvalue weighted by Crippen LogP contribution is -1.87. The smallest absolute Gasteiger partial charge is 0.0105 e. The van der Waals surface area contributed by atoms with Crippen LogP contribution in [0.5, 0.6) is 0 Å². The second-order valence-electron chi connectivity index (χ2n) is 33.9. The van der Waals surface area contributed by atoms with Crippen molar-refractivity contribution in [2.45, 2.75) is 55.4 Å². The second kappa shape index (κ2) is 39.9. The fraction of sp³-hybridized carbons (Fsp3) is 0.0625. The summed E-state index contributed by atoms with van der Waals surface area (Å²) in [5.74, 6) is 0. The minimum atomic E-state index is 1.23. The van der Waals surface area contributed by atoms with Gasteiger partial charge < -0.3 is 0 Å². The van der Waals surface area contributed by atoms with Crippen LogP contribution in [0.4, 0.5) is 0 Å². The van der Waals surface area contributed by atoms with Crippen molar-refractivity contribution in [2.75, 3.05) is 0 Å². The van der Waals surface area contributed by atoms with Crippen LogP contribution in [0.3, 0.4) is 0 Å². The maximum absolute atomic E-state index is 2.30. The van der Waals surface area contributed by atoms with E-state index in [1.807, 2.05) is 0 Å². The molecule has 0 amide bonds. The highest BCUT2D eigenvalue weighted by atomic mass is 14.2. The first-order chi connectivity index (χ1) is 62.6. The molecule has 0 heteroatoms. The largest absolute Gasteiger partial charge is 0.0616 e. The van der Waals surface area contributed by atoms with Crippen LogP contribution in [0.25, 0.3) is 178 Å². The van der Waals surface area contributed by atoms with Gasteiger partial charge >= 0.3 is 0 Å². The standard InChI is InChI=1S/4C32H26/c1-23-7-3-9-27(19-23)31-13-5-11-29(21-31)25-15-17-26(18-16-25)30-12-6-14-32(22-30)28-10-4-8-24(2)20-28;1-23-12-16-25(17-13-23)27-6-3-8-29(20-27)31-10-5-11-32(22-31)30-9-4-7-28(21-30)26-18-14-24(2)15-19-26;1-23-9-13-25(14-10-23)29-5-3-7-31(21-29)27-17-19-28(20-18-27)32-8-4-6-30(22-32)26-15-11-24(2)12-16-26;1-23-13-17-25(18-14-23)27-7-5-9-29(21-27)31-11-3-4-12-32(31)30-10-6-8-28(22-30)26-19-15-24(2)16-20-26/h4*3-22H,1-2H3. The van der Waals surface area contributed by atoms with Gasteiger partial charge in [-0.1, -0.05) is 475 Å². The van der Waals surface area contributed by atoms with E-state index >= 15 is 0 Å². The summed E-state index contributed by atoms with van der Waals surface area (Å²) in [7, 11) is 0. The van der Waals surface area contributed by atoms with Gasteiger partial charge in [-0.3, -0.25) is 0 Å². The molecule has 0 aliphatic rings. The minimum absolute atomic E-state index is 1.23. The summed E-state index contributed by atoms with van der Waals surface area (Å²) in [4.78, 5) is 0. The Balaban J connectivity index is 0.000000120. The normalized spacial score (nSPS) is 10.8. The van der Waals surface area contributed by atoms with Crippen molar-refractivity contribution in [1.29, 1.82) is 0 Å². The van der Waals surface area contributed by atoms with Crippen molar-refractivity contribution >= 4 is 0 Å². The highest BCUT2D eigenvalue weighted by Crippen LogP contribution is 2.40. The van der Waals surface area contributed by atoms with Gasteiger partial charge in [-0.2, -0.15) is 0 Å². The van der Waals surface area contributed by atoms with Gasteiger partial charge in [0.25, 0.3) is 0 Å². The highest BCUT2D eigenvalue weighted by Gasteiger charge is 2.15. The third kappa shape index (κ3) is 21.2. The first-order valence-electron chi connectivity index (χ1n) is 44.4. The Kier molecular flexibility index (Phi) is 26.4. The number of hydrogen-bond donors (Lipinski definition) is 0. The van der Waals surface area contributed by atoms with E-state index in [2.05, 4.69) is 541 Å². The molecule has 0 spiro atoms. The Labute approximate surface area is 757 Å². The maximum Gasteiger partial charge on any atom is -0.0105 e. The molecule has 0 atom stereocenters. The van der Waals surface area contributed by atoms with Gasteiger partial charge in [0.2, 0.25) is 0 Å². The quantitative estimate of drug-likeness (QED) is 0.0904. The zero-order chi connectivity index (χ0) is 87.7. The van der Waals surface area contributed by atoms with Gasteiger partial charge in [-0.15, -0.1) is 0 Å². The number of rotatable bonds is 16. The molecule has 0 saturated carbocycles. The van der Waals surface area contributed by atoms with Crippen LogP contribution in [0.15, 0.2) is 485 Å². The lowest BCUT2D eigenvalue weighted by atomic mass is 9.91. The van der Waals surface area contributed by atoms with Gasteiger partial charge in [0.05, 0.1) is 0 Å². The van der Waals surface area contributed by atoms with Crippen LogP contribution < -0.4 is 0 Å². The average molecular weight is 1640 g/mol. The van der Waals surface area contributed by atoms with Gasteiger partial charge in [0, 0.05) is 0 Å². The highest BCUT2D eigenvalue weighted by molar-refractivity contribution is 5.89. The molecule has 128 heavy (non-hydrogen) atoms. The third-order valence-corrected chi connectivity index (χ3v) is 24.1. The van der Waals surface area contributed by atoms with Crippen molar-refractivity contribution in [1.82, 2.24) is 0 Å². The van der Waals surface area contributed by atoms with Crippen molar-refractivity contribution in [2.24, 2.45) is 0 Å². The SMILES string of the molecule is Cc1ccc(-c2cccc(-c3ccc(-c4cccc(-c5ccc(C)cc5)c4)cc3)c2)cc1.Cc1ccc(-c2cccc(-c3cccc(-c4cccc(-c5ccc(C)cc5)c4)c3)c2)cc1.Cc1ccc(-c2cccc(-c3ccccc3-c3cccc(-c4ccc(C)cc4)c3)c2)cc1.Cc1cccc(-c2cccc(-c3ccc(-c4cccc(-c5cccc(C)c5)c4)cc3)c2)c1. The molecule has 0 bridgehead atoms. The molecule has 0 unspecified atom stereocenters. The number of aryl methyl sites for hydroxylation is 8. The van der Waals surface area contributed by atoms with Crippen LogP contribution in [-0.4, -0.2) is 0 Å². The summed E-state index contributed by atoms with van der Waals surface area (Å²) >= 11 is 0. The molecule has 0 nitrogen and oxygen atoms in total. The molecule has 0 N–H and O–H groups in total. The zero-order valence-electron chi connectivity index (χ0n) is 74.2. The van der Waals surface area contributed by atoms with Crippen molar-refractivity contribution < 1.29 is 0 Å². The summed E-state index contributed by atoms with van der Waals surface area (Å²) < 4.78 is 0. The Morgan fingerprint density at radius 1 is 0.0781 bits per heavy atom. The van der Waals surface area contributed by atoms with Crippen molar-refractivity contribution in [3.05, 3.63) is 530 Å². The molecule has 20 rings (SSSR count). The molecule has 0 aliphatic heterocycles. The lowest BCUT2D eigenvalue weighted by molar-refractivity contribution is 1.46. The van der Waals surface area contributed by atoms with E-state index < -0.39 is 0 Å². The van der Waals surface area contributed by atoms with Crippen LogP contribution in [0, 0.1) is 55.4 Å². The van der Waals surface area contributed by atoms with E-state index in [1.54, 1.807) is 0 Å². The van der Waals surface area contributed by atoms with Gasteiger partial charge in [0.15, 0.2) is 0 Å². The summed E-state index contributed by atoms with van der Waals surface area (Å²) in [5.41, 5.74) is 50.1. The topological polar surface area (TPSA) is 0 Å². The fourth-order valence-electron chi connectivity index (χ4n) is 16.7. The zero-order valence-corrected chi connectivity index (χ0v) is 74.2. The Morgan fingerprint density at radius 3 is 0.352 bits per heavy atom. The summed E-state index contributed by atoms with van der Waals surface area (Å²) in [5, 5.41) is 0. The molecule has 0 radical (unpaired) electrons. The van der Waals surface area contributed by atoms with Crippen LogP contribution in [0.1, 0.15) is 44.5 Å². The number of benzene rings is 20. The predicted molar refractivity (Wildman–Crippen MR) is 551 cm³/mol. The van der Waals surface area contributed by atoms with Crippen molar-refractivity contribution in [3.8, 4) is 178 Å². The van der Waals surface area contributed by atoms with Crippen LogP contribution in [-0.2, 0) is 0 Å². The van der Waals surface area contributed by atoms with E-state index in [-0.39, 0.29) is 0 Å². The van der Waals surface area contributed by atoms with E-state index in [1.165, 1.54) is 223 Å². The fourth-order valence-corrected chi connectivity index (χ4v) is 16.7. The third-order valence-electron chi connectivity index (χ3n) is 24.1. The minimum Gasteiger partial charge on any atom is -0.0616 e. The first-order valence-corrected chi connectivity index (χ1v) is 44.4. The number of hydrogen-bond acceptors (Lipinski definition) is 0. The van der Waals surface area contributed by atoms with E-state index in [9.17, 15) is 0 Å². The summed E-state index contributed by atoms with van der Waals surface area (Å²) in [6.07, 6.45) is 0. The molecule has 20 aromatic rings.